The third-order valence-corrected chi connectivity index (χ3v) is 4.09. The molecule has 2 heterocycles. The van der Waals surface area contributed by atoms with Crippen LogP contribution in [0.4, 0.5) is 0 Å². The van der Waals surface area contributed by atoms with E-state index < -0.39 is 11.1 Å². The number of aromatic amines is 4. The highest BCUT2D eigenvalue weighted by Crippen LogP contribution is 2.06. The highest BCUT2D eigenvalue weighted by molar-refractivity contribution is 7.71. The van der Waals surface area contributed by atoms with Crippen LogP contribution in [0.3, 0.4) is 0 Å². The van der Waals surface area contributed by atoms with Crippen molar-refractivity contribution in [2.75, 3.05) is 13.1 Å². The molecule has 28 heavy (non-hydrogen) atoms. The maximum absolute atomic E-state index is 11.6. The second-order valence-electron chi connectivity index (χ2n) is 5.83. The Hall–Kier alpha value is -2.86. The highest BCUT2D eigenvalue weighted by atomic mass is 32.1. The Morgan fingerprint density at radius 1 is 0.714 bits per heavy atom. The molecule has 0 unspecified atom stereocenters. The van der Waals surface area contributed by atoms with E-state index >= 15 is 0 Å². The maximum atomic E-state index is 11.6. The summed E-state index contributed by atoms with van der Waals surface area (Å²) >= 11 is 9.49. The first-order valence-corrected chi connectivity index (χ1v) is 9.31. The maximum Gasteiger partial charge on any atom is 0.264 e. The zero-order valence-electron chi connectivity index (χ0n) is 14.8. The number of aliphatic imine (C=N–C) groups is 2. The number of hydrogen-bond acceptors (Lipinski definition) is 8. The van der Waals surface area contributed by atoms with Gasteiger partial charge >= 0.3 is 0 Å². The molecule has 0 aliphatic heterocycles. The van der Waals surface area contributed by atoms with Crippen LogP contribution in [0.2, 0.25) is 0 Å². The summed E-state index contributed by atoms with van der Waals surface area (Å²) in [5.41, 5.74) is -0.898. The van der Waals surface area contributed by atoms with Gasteiger partial charge in [0.1, 0.15) is 11.1 Å². The van der Waals surface area contributed by atoms with Gasteiger partial charge in [0.25, 0.3) is 11.1 Å². The van der Waals surface area contributed by atoms with Crippen molar-refractivity contribution in [3.05, 3.63) is 41.4 Å². The van der Waals surface area contributed by atoms with Gasteiger partial charge in [-0.3, -0.25) is 29.5 Å². The van der Waals surface area contributed by atoms with Crippen molar-refractivity contribution in [2.45, 2.75) is 25.7 Å². The number of aromatic nitrogens is 4. The van der Waals surface area contributed by atoms with E-state index in [9.17, 15) is 19.8 Å². The van der Waals surface area contributed by atoms with Gasteiger partial charge in [-0.2, -0.15) is 0 Å². The minimum Gasteiger partial charge on any atom is -0.494 e. The molecule has 0 saturated carbocycles. The van der Waals surface area contributed by atoms with Crippen molar-refractivity contribution in [3.63, 3.8) is 0 Å². The number of aromatic hydroxyl groups is 2. The number of H-pyrrole nitrogens is 4. The molecule has 0 saturated heterocycles. The molecule has 2 aromatic rings. The standard InChI is InChI=1S/C16H20N6O4S2/c23-11-9(12(24)20-15(27)19-11)7-17-5-3-1-2-4-6-18-8-10-13(25)21-16(28)22-14(10)26/h7-8H,1-6H2,(H3,19,20,23,24,27)(H3,21,22,25,26,28). The van der Waals surface area contributed by atoms with E-state index in [1.807, 2.05) is 0 Å². The largest absolute Gasteiger partial charge is 0.494 e. The van der Waals surface area contributed by atoms with Gasteiger partial charge in [-0.05, 0) is 37.3 Å². The molecule has 2 rings (SSSR count). The number of unbranched alkanes of at least 4 members (excludes halogenated alkanes) is 3. The van der Waals surface area contributed by atoms with Crippen LogP contribution in [0.15, 0.2) is 19.6 Å². The van der Waals surface area contributed by atoms with E-state index in [-0.39, 0.29) is 32.4 Å². The third kappa shape index (κ3) is 6.39. The minimum absolute atomic E-state index is 0.0440. The summed E-state index contributed by atoms with van der Waals surface area (Å²) in [5, 5.41) is 19.3. The molecule has 10 nitrogen and oxygen atoms in total. The van der Waals surface area contributed by atoms with Crippen LogP contribution in [0.1, 0.15) is 36.8 Å². The van der Waals surface area contributed by atoms with Crippen LogP contribution in [0.5, 0.6) is 11.8 Å². The number of nitrogens with zero attached hydrogens (tertiary/aromatic N) is 2. The smallest absolute Gasteiger partial charge is 0.264 e. The van der Waals surface area contributed by atoms with Gasteiger partial charge in [-0.1, -0.05) is 12.8 Å². The summed E-state index contributed by atoms with van der Waals surface area (Å²) in [6, 6.07) is 0. The molecule has 0 amide bonds. The number of rotatable bonds is 9. The Bertz CT molecular complexity index is 1010. The number of nitrogens with one attached hydrogen (secondary N) is 4. The molecule has 2 aromatic heterocycles. The molecule has 150 valence electrons. The molecule has 0 radical (unpaired) electrons. The second-order valence-corrected chi connectivity index (χ2v) is 6.64. The van der Waals surface area contributed by atoms with E-state index in [4.69, 9.17) is 24.4 Å². The Kier molecular flexibility index (Phi) is 8.02. The van der Waals surface area contributed by atoms with E-state index in [0.29, 0.717) is 13.1 Å². The molecule has 0 fully saturated rings. The molecule has 0 aromatic carbocycles. The molecule has 0 aliphatic carbocycles. The molecule has 0 atom stereocenters. The summed E-state index contributed by atoms with van der Waals surface area (Å²) in [7, 11) is 0. The summed E-state index contributed by atoms with van der Waals surface area (Å²) in [6.45, 7) is 1.04. The van der Waals surface area contributed by atoms with E-state index in [1.54, 1.807) is 0 Å². The quantitative estimate of drug-likeness (QED) is 0.204. The molecule has 0 spiro atoms. The fourth-order valence-corrected chi connectivity index (χ4v) is 2.66. The van der Waals surface area contributed by atoms with E-state index in [0.717, 1.165) is 25.7 Å². The highest BCUT2D eigenvalue weighted by Gasteiger charge is 2.04. The lowest BCUT2D eigenvalue weighted by molar-refractivity contribution is 0.448. The molecule has 6 N–H and O–H groups in total. The Labute approximate surface area is 169 Å². The fraction of sp³-hybridized carbons (Fsp3) is 0.375. The summed E-state index contributed by atoms with van der Waals surface area (Å²) in [5.74, 6) is -0.611. The Morgan fingerprint density at radius 2 is 1.11 bits per heavy atom. The summed E-state index contributed by atoms with van der Waals surface area (Å²) < 4.78 is 0.107. The topological polar surface area (TPSA) is 162 Å². The van der Waals surface area contributed by atoms with Gasteiger partial charge in [-0.25, -0.2) is 0 Å². The normalized spacial score (nSPS) is 11.6. The average molecular weight is 425 g/mol. The lowest BCUT2D eigenvalue weighted by Crippen LogP contribution is -2.13. The molecular weight excluding hydrogens is 404 g/mol. The van der Waals surface area contributed by atoms with Crippen LogP contribution < -0.4 is 11.1 Å². The van der Waals surface area contributed by atoms with Gasteiger partial charge in [0.2, 0.25) is 11.8 Å². The van der Waals surface area contributed by atoms with Crippen LogP contribution in [0.25, 0.3) is 0 Å². The van der Waals surface area contributed by atoms with Crippen molar-refractivity contribution in [1.82, 2.24) is 19.9 Å². The van der Waals surface area contributed by atoms with E-state index in [1.165, 1.54) is 12.4 Å². The van der Waals surface area contributed by atoms with Gasteiger partial charge in [-0.15, -0.1) is 0 Å². The Morgan fingerprint density at radius 3 is 1.46 bits per heavy atom. The first-order chi connectivity index (χ1) is 13.4. The first kappa shape index (κ1) is 21.4. The van der Waals surface area contributed by atoms with E-state index in [2.05, 4.69) is 29.9 Å². The van der Waals surface area contributed by atoms with Crippen LogP contribution in [-0.2, 0) is 0 Å². The molecule has 12 heteroatoms. The molecular formula is C16H20N6O4S2. The van der Waals surface area contributed by atoms with Crippen molar-refractivity contribution < 1.29 is 10.2 Å². The zero-order valence-corrected chi connectivity index (χ0v) is 16.5. The first-order valence-electron chi connectivity index (χ1n) is 8.49. The van der Waals surface area contributed by atoms with Crippen molar-refractivity contribution in [2.24, 2.45) is 9.98 Å². The van der Waals surface area contributed by atoms with Gasteiger partial charge < -0.3 is 20.2 Å². The van der Waals surface area contributed by atoms with Gasteiger partial charge in [0.15, 0.2) is 9.54 Å². The predicted octanol–water partition coefficient (Wildman–Crippen LogP) is 1.69. The Balaban J connectivity index is 1.68. The number of hydrogen-bond donors (Lipinski definition) is 6. The monoisotopic (exact) mass is 424 g/mol. The summed E-state index contributed by atoms with van der Waals surface area (Å²) in [6.07, 6.45) is 6.10. The zero-order chi connectivity index (χ0) is 20.5. The lowest BCUT2D eigenvalue weighted by Gasteiger charge is -1.99. The molecule has 0 bridgehead atoms. The van der Waals surface area contributed by atoms with Crippen LogP contribution >= 0.6 is 24.4 Å². The van der Waals surface area contributed by atoms with Crippen molar-refractivity contribution in [1.29, 1.82) is 0 Å². The van der Waals surface area contributed by atoms with Gasteiger partial charge in [0, 0.05) is 25.5 Å². The summed E-state index contributed by atoms with van der Waals surface area (Å²) in [4.78, 5) is 41.2. The molecule has 0 aliphatic rings. The second kappa shape index (κ2) is 10.5. The lowest BCUT2D eigenvalue weighted by atomic mass is 10.2. The average Bonchev–Trinajstić information content (AvgIpc) is 2.60. The third-order valence-electron chi connectivity index (χ3n) is 3.68. The van der Waals surface area contributed by atoms with Crippen molar-refractivity contribution in [3.8, 4) is 11.8 Å². The predicted molar refractivity (Wildman–Crippen MR) is 111 cm³/mol. The SMILES string of the molecule is O=c1[nH]c(=S)[nH]c(O)c1C=NCCCCCCN=Cc1c(O)[nH]c(=S)[nH]c1=O. The fourth-order valence-electron chi connectivity index (χ4n) is 2.28. The van der Waals surface area contributed by atoms with Crippen LogP contribution in [-0.4, -0.2) is 55.7 Å². The minimum atomic E-state index is -0.493. The van der Waals surface area contributed by atoms with Crippen LogP contribution in [0, 0.1) is 9.54 Å². The van der Waals surface area contributed by atoms with Crippen molar-refractivity contribution >= 4 is 36.9 Å². The van der Waals surface area contributed by atoms with Gasteiger partial charge in [0.05, 0.1) is 0 Å².